The summed E-state index contributed by atoms with van der Waals surface area (Å²) >= 11 is 0. The third kappa shape index (κ3) is 3.04. The van der Waals surface area contributed by atoms with Crippen LogP contribution < -0.4 is 20.5 Å². The molecule has 0 amide bonds. The fraction of sp³-hybridized carbons (Fsp3) is 0.436. The van der Waals surface area contributed by atoms with Gasteiger partial charge in [0.15, 0.2) is 0 Å². The van der Waals surface area contributed by atoms with Crippen LogP contribution in [-0.4, -0.2) is 6.54 Å². The lowest BCUT2D eigenvalue weighted by Gasteiger charge is -2.32. The van der Waals surface area contributed by atoms with Gasteiger partial charge in [-0.1, -0.05) is 33.8 Å². The summed E-state index contributed by atoms with van der Waals surface area (Å²) in [6, 6.07) is 0. The van der Waals surface area contributed by atoms with E-state index in [1.165, 1.54) is 104 Å². The minimum Gasteiger partial charge on any atom is -0.455 e. The highest BCUT2D eigenvalue weighted by Crippen LogP contribution is 2.53. The molecule has 0 bridgehead atoms. The van der Waals surface area contributed by atoms with Crippen molar-refractivity contribution in [3.8, 4) is 11.5 Å². The van der Waals surface area contributed by atoms with Gasteiger partial charge in [0.05, 0.1) is 0 Å². The van der Waals surface area contributed by atoms with Crippen LogP contribution in [0.3, 0.4) is 0 Å². The highest BCUT2D eigenvalue weighted by Gasteiger charge is 2.38. The summed E-state index contributed by atoms with van der Waals surface area (Å²) in [7, 11) is 0. The van der Waals surface area contributed by atoms with Gasteiger partial charge in [0.1, 0.15) is 11.5 Å². The number of aryl methyl sites for hydroxylation is 4. The number of nitrogens with one attached hydrogen (secondary N) is 1. The maximum absolute atomic E-state index is 7.42. The molecule has 1 aliphatic carbocycles. The number of hydrogen-bond acceptors (Lipinski definition) is 2. The van der Waals surface area contributed by atoms with E-state index < -0.39 is 0 Å². The normalized spacial score (nSPS) is 17.6. The predicted octanol–water partition coefficient (Wildman–Crippen LogP) is 8.95. The Bertz CT molecular complexity index is 2070. The van der Waals surface area contributed by atoms with Crippen molar-refractivity contribution in [3.05, 3.63) is 71.6 Å². The second-order valence-electron chi connectivity index (χ2n) is 14.7. The van der Waals surface area contributed by atoms with Crippen LogP contribution in [0.5, 0.6) is 11.5 Å². The molecule has 212 valence electrons. The van der Waals surface area contributed by atoms with Gasteiger partial charge >= 0.3 is 0 Å². The minimum absolute atomic E-state index is 0.0551. The van der Waals surface area contributed by atoms with E-state index in [9.17, 15) is 0 Å². The van der Waals surface area contributed by atoms with Crippen molar-refractivity contribution in [2.24, 2.45) is 0 Å². The van der Waals surface area contributed by atoms with Gasteiger partial charge in [-0.05, 0) is 151 Å². The first-order valence-corrected chi connectivity index (χ1v) is 15.4. The van der Waals surface area contributed by atoms with Gasteiger partial charge in [0.25, 0.3) is 0 Å². The van der Waals surface area contributed by atoms with Crippen LogP contribution in [0.4, 0.5) is 5.69 Å². The van der Waals surface area contributed by atoms with Gasteiger partial charge in [-0.15, -0.1) is 0 Å². The first kappa shape index (κ1) is 26.6. The van der Waals surface area contributed by atoms with E-state index in [2.05, 4.69) is 101 Å². The highest BCUT2D eigenvalue weighted by atomic mass is 16.5. The number of rotatable bonds is 0. The van der Waals surface area contributed by atoms with Gasteiger partial charge in [-0.3, -0.25) is 0 Å². The lowest BCUT2D eigenvalue weighted by molar-refractivity contribution is 0.481. The summed E-state index contributed by atoms with van der Waals surface area (Å²) in [6.07, 6.45) is 3.56. The molecule has 3 aliphatic rings. The van der Waals surface area contributed by atoms with Crippen molar-refractivity contribution < 1.29 is 4.74 Å². The summed E-state index contributed by atoms with van der Waals surface area (Å²) in [4.78, 5) is 0. The summed E-state index contributed by atoms with van der Waals surface area (Å²) in [5, 5.41) is 12.0. The van der Waals surface area contributed by atoms with Gasteiger partial charge < -0.3 is 10.1 Å². The number of anilines is 1. The molecular weight excluding hydrogens is 498 g/mol. The van der Waals surface area contributed by atoms with Crippen LogP contribution in [-0.2, 0) is 10.8 Å². The molecule has 2 heterocycles. The average Bonchev–Trinajstić information content (AvgIpc) is 3.40. The molecule has 0 saturated carbocycles. The maximum atomic E-state index is 7.42. The minimum atomic E-state index is 0.0551. The zero-order chi connectivity index (χ0) is 29.7. The fourth-order valence-electron chi connectivity index (χ4n) is 8.73. The van der Waals surface area contributed by atoms with Crippen molar-refractivity contribution in [2.75, 3.05) is 11.9 Å². The maximum Gasteiger partial charge on any atom is 0.143 e. The molecule has 4 aromatic rings. The first-order valence-electron chi connectivity index (χ1n) is 15.4. The second-order valence-corrected chi connectivity index (χ2v) is 14.7. The molecule has 4 aromatic carbocycles. The van der Waals surface area contributed by atoms with Crippen molar-refractivity contribution in [3.63, 3.8) is 0 Å². The molecule has 2 nitrogen and oxygen atoms in total. The van der Waals surface area contributed by atoms with Crippen LogP contribution in [0, 0.1) is 55.4 Å². The topological polar surface area (TPSA) is 21.3 Å². The van der Waals surface area contributed by atoms with Crippen LogP contribution >= 0.6 is 0 Å². The van der Waals surface area contributed by atoms with E-state index in [0.29, 0.717) is 0 Å². The Morgan fingerprint density at radius 2 is 1.15 bits per heavy atom. The van der Waals surface area contributed by atoms with E-state index in [0.717, 1.165) is 24.5 Å². The van der Waals surface area contributed by atoms with Crippen molar-refractivity contribution in [1.29, 1.82) is 0 Å². The lowest BCUT2D eigenvalue weighted by Crippen LogP contribution is -2.26. The largest absolute Gasteiger partial charge is 0.455 e. The molecule has 2 aliphatic heterocycles. The van der Waals surface area contributed by atoms with E-state index >= 15 is 0 Å². The summed E-state index contributed by atoms with van der Waals surface area (Å²) in [6.45, 7) is 31.4. The molecule has 0 spiro atoms. The number of ether oxygens (including phenoxy) is 1. The van der Waals surface area contributed by atoms with Gasteiger partial charge in [-0.25, -0.2) is 0 Å². The number of hydrogen-bond donors (Lipinski definition) is 1. The fourth-order valence-corrected chi connectivity index (χ4v) is 8.73. The van der Waals surface area contributed by atoms with Crippen LogP contribution in [0.2, 0.25) is 0 Å². The third-order valence-electron chi connectivity index (χ3n) is 11.5. The molecule has 0 unspecified atom stereocenters. The molecule has 0 radical (unpaired) electrons. The smallest absolute Gasteiger partial charge is 0.143 e. The summed E-state index contributed by atoms with van der Waals surface area (Å²) < 4.78 is 7.42. The zero-order valence-corrected chi connectivity index (χ0v) is 27.4. The Labute approximate surface area is 245 Å². The Kier molecular flexibility index (Phi) is 5.18. The molecule has 41 heavy (non-hydrogen) atoms. The molecule has 0 fully saturated rings. The standard InChI is InChI=1S/C39H45NO/c1-17-18(2)31-29(33-26(17)14-15-38(33,10)11)21(5)19(3)27-25(9)28-20(4)22(6)30-32(37(28)41-36(27)31)23(7)24(8)35-34(30)39(12,13)16-40-35/h14,40H,15-16H2,1-13H3. The molecule has 1 N–H and O–H groups in total. The molecule has 0 saturated heterocycles. The zero-order valence-electron chi connectivity index (χ0n) is 27.4. The number of fused-ring (bicyclic) bond motifs is 10. The molecule has 2 heteroatoms. The summed E-state index contributed by atoms with van der Waals surface area (Å²) in [5.74, 6) is 2.13. The Morgan fingerprint density at radius 3 is 1.83 bits per heavy atom. The van der Waals surface area contributed by atoms with Crippen LogP contribution in [0.1, 0.15) is 102 Å². The van der Waals surface area contributed by atoms with Gasteiger partial charge in [0.2, 0.25) is 0 Å². The monoisotopic (exact) mass is 543 g/mol. The van der Waals surface area contributed by atoms with E-state index in [-0.39, 0.29) is 10.8 Å². The van der Waals surface area contributed by atoms with E-state index in [1.54, 1.807) is 0 Å². The number of benzene rings is 4. The highest BCUT2D eigenvalue weighted by molar-refractivity contribution is 6.08. The Balaban J connectivity index is 1.73. The SMILES string of the molecule is CC1=c2c(C)c(C)c3c4c(c(C)c(C)c3c2Oc2c1c(C)c(C)c1c3c(c(C)c(C)c21)NCC3(C)C)=CCC4(C)C. The van der Waals surface area contributed by atoms with Crippen LogP contribution in [0.15, 0.2) is 0 Å². The Morgan fingerprint density at radius 1 is 0.585 bits per heavy atom. The summed E-state index contributed by atoms with van der Waals surface area (Å²) in [5.41, 5.74) is 18.0. The molecule has 0 aromatic heterocycles. The second kappa shape index (κ2) is 7.97. The van der Waals surface area contributed by atoms with Crippen molar-refractivity contribution in [1.82, 2.24) is 0 Å². The predicted molar refractivity (Wildman–Crippen MR) is 177 cm³/mol. The van der Waals surface area contributed by atoms with E-state index in [1.807, 2.05) is 0 Å². The molecule has 0 atom stereocenters. The van der Waals surface area contributed by atoms with Gasteiger partial charge in [-0.2, -0.15) is 0 Å². The Hall–Kier alpha value is -3.26. The molecule has 7 rings (SSSR count). The van der Waals surface area contributed by atoms with Crippen LogP contribution in [0.25, 0.3) is 33.2 Å². The van der Waals surface area contributed by atoms with Crippen molar-refractivity contribution >= 4 is 38.9 Å². The quantitative estimate of drug-likeness (QED) is 0.239. The molecular formula is C39H45NO. The average molecular weight is 544 g/mol. The first-order chi connectivity index (χ1) is 19.1. The lowest BCUT2D eigenvalue weighted by atomic mass is 9.76. The van der Waals surface area contributed by atoms with Crippen molar-refractivity contribution in [2.45, 2.75) is 107 Å². The third-order valence-corrected chi connectivity index (χ3v) is 11.5. The van der Waals surface area contributed by atoms with Gasteiger partial charge in [0, 0.05) is 39.2 Å². The van der Waals surface area contributed by atoms with E-state index in [4.69, 9.17) is 4.74 Å².